The quantitative estimate of drug-likeness (QED) is 0.914. The Morgan fingerprint density at radius 3 is 2.60 bits per heavy atom. The Labute approximate surface area is 147 Å². The number of fused-ring (bicyclic) bond motifs is 1. The fraction of sp³-hybridized carbons (Fsp3) is 0.556. The van der Waals surface area contributed by atoms with E-state index in [0.29, 0.717) is 5.95 Å². The maximum absolute atomic E-state index is 13.0. The van der Waals surface area contributed by atoms with Crippen LogP contribution in [0.3, 0.4) is 0 Å². The van der Waals surface area contributed by atoms with Crippen LogP contribution in [0.25, 0.3) is 5.95 Å². The van der Waals surface area contributed by atoms with Crippen molar-refractivity contribution < 1.29 is 4.79 Å². The second-order valence-electron chi connectivity index (χ2n) is 7.72. The molecule has 2 aromatic heterocycles. The summed E-state index contributed by atoms with van der Waals surface area (Å²) in [5, 5.41) is 7.36. The van der Waals surface area contributed by atoms with E-state index in [9.17, 15) is 9.59 Å². The Morgan fingerprint density at radius 1 is 1.28 bits per heavy atom. The number of hydrogen-bond acceptors (Lipinski definition) is 4. The normalized spacial score (nSPS) is 13.8. The molecule has 1 N–H and O–H groups in total. The van der Waals surface area contributed by atoms with Gasteiger partial charge in [0.15, 0.2) is 0 Å². The SMILES string of the molecule is Cc1cc(C)n(-c2nc3c(c(=O)n2CC(=O)NC(C)(C)C)CCC3)n1. The molecular weight excluding hydrogens is 318 g/mol. The van der Waals surface area contributed by atoms with Crippen LogP contribution in [0, 0.1) is 13.8 Å². The molecule has 134 valence electrons. The zero-order valence-corrected chi connectivity index (χ0v) is 15.5. The van der Waals surface area contributed by atoms with Crippen molar-refractivity contribution >= 4 is 5.91 Å². The number of carbonyl (C=O) groups excluding carboxylic acids is 1. The molecule has 0 aliphatic heterocycles. The van der Waals surface area contributed by atoms with E-state index in [2.05, 4.69) is 10.4 Å². The van der Waals surface area contributed by atoms with Gasteiger partial charge in [-0.15, -0.1) is 0 Å². The van der Waals surface area contributed by atoms with Crippen LogP contribution in [0.15, 0.2) is 10.9 Å². The molecule has 7 nitrogen and oxygen atoms in total. The second-order valence-corrected chi connectivity index (χ2v) is 7.72. The monoisotopic (exact) mass is 343 g/mol. The first-order valence-electron chi connectivity index (χ1n) is 8.63. The van der Waals surface area contributed by atoms with Crippen molar-refractivity contribution in [3.8, 4) is 5.95 Å². The van der Waals surface area contributed by atoms with Gasteiger partial charge in [-0.25, -0.2) is 9.67 Å². The van der Waals surface area contributed by atoms with Crippen LogP contribution in [-0.2, 0) is 24.2 Å². The minimum absolute atomic E-state index is 0.0654. The predicted molar refractivity (Wildman–Crippen MR) is 95.0 cm³/mol. The van der Waals surface area contributed by atoms with Gasteiger partial charge in [-0.3, -0.25) is 14.2 Å². The van der Waals surface area contributed by atoms with E-state index in [-0.39, 0.29) is 23.6 Å². The molecule has 0 saturated heterocycles. The molecule has 0 atom stereocenters. The number of amides is 1. The molecule has 1 amide bonds. The highest BCUT2D eigenvalue weighted by atomic mass is 16.2. The Kier molecular flexibility index (Phi) is 4.26. The Morgan fingerprint density at radius 2 is 2.00 bits per heavy atom. The van der Waals surface area contributed by atoms with Gasteiger partial charge in [-0.05, 0) is 59.9 Å². The summed E-state index contributed by atoms with van der Waals surface area (Å²) in [5.74, 6) is 0.206. The number of hydrogen-bond donors (Lipinski definition) is 1. The third-order valence-corrected chi connectivity index (χ3v) is 4.18. The third-order valence-electron chi connectivity index (χ3n) is 4.18. The van der Waals surface area contributed by atoms with Crippen LogP contribution in [0.1, 0.15) is 49.8 Å². The van der Waals surface area contributed by atoms with Gasteiger partial charge < -0.3 is 5.32 Å². The van der Waals surface area contributed by atoms with E-state index in [1.807, 2.05) is 40.7 Å². The summed E-state index contributed by atoms with van der Waals surface area (Å²) < 4.78 is 3.10. The first-order valence-corrected chi connectivity index (χ1v) is 8.63. The van der Waals surface area contributed by atoms with E-state index >= 15 is 0 Å². The maximum Gasteiger partial charge on any atom is 0.258 e. The topological polar surface area (TPSA) is 81.8 Å². The van der Waals surface area contributed by atoms with Crippen molar-refractivity contribution in [2.24, 2.45) is 0 Å². The molecule has 0 spiro atoms. The van der Waals surface area contributed by atoms with Crippen LogP contribution in [0.5, 0.6) is 0 Å². The summed E-state index contributed by atoms with van der Waals surface area (Å²) in [4.78, 5) is 30.1. The fourth-order valence-electron chi connectivity index (χ4n) is 3.25. The molecule has 0 fully saturated rings. The lowest BCUT2D eigenvalue weighted by Gasteiger charge is -2.22. The van der Waals surface area contributed by atoms with Crippen LogP contribution in [0.2, 0.25) is 0 Å². The molecule has 0 saturated carbocycles. The molecule has 7 heteroatoms. The van der Waals surface area contributed by atoms with Gasteiger partial charge >= 0.3 is 0 Å². The predicted octanol–water partition coefficient (Wildman–Crippen LogP) is 1.45. The number of nitrogens with zero attached hydrogens (tertiary/aromatic N) is 4. The molecule has 3 rings (SSSR count). The maximum atomic E-state index is 13.0. The molecule has 1 aliphatic carbocycles. The van der Waals surface area contributed by atoms with Crippen LogP contribution in [0.4, 0.5) is 0 Å². The molecule has 0 bridgehead atoms. The molecule has 0 radical (unpaired) electrons. The first-order chi connectivity index (χ1) is 11.7. The van der Waals surface area contributed by atoms with E-state index in [1.165, 1.54) is 4.57 Å². The number of aryl methyl sites for hydroxylation is 3. The van der Waals surface area contributed by atoms with Crippen molar-refractivity contribution in [1.82, 2.24) is 24.6 Å². The van der Waals surface area contributed by atoms with Gasteiger partial charge in [0.05, 0.1) is 11.4 Å². The number of rotatable bonds is 3. The van der Waals surface area contributed by atoms with Gasteiger partial charge in [-0.1, -0.05) is 0 Å². The highest BCUT2D eigenvalue weighted by Crippen LogP contribution is 2.19. The number of nitrogens with one attached hydrogen (secondary N) is 1. The van der Waals surface area contributed by atoms with Crippen LogP contribution in [-0.4, -0.2) is 30.8 Å². The summed E-state index contributed by atoms with van der Waals surface area (Å²) in [6.07, 6.45) is 2.44. The molecule has 0 unspecified atom stereocenters. The van der Waals surface area contributed by atoms with Crippen molar-refractivity contribution in [1.29, 1.82) is 0 Å². The minimum atomic E-state index is -0.358. The Hall–Kier alpha value is -2.44. The summed E-state index contributed by atoms with van der Waals surface area (Å²) in [6, 6.07) is 1.93. The highest BCUT2D eigenvalue weighted by Gasteiger charge is 2.24. The van der Waals surface area contributed by atoms with Crippen molar-refractivity contribution in [2.45, 2.75) is 66.0 Å². The average molecular weight is 343 g/mol. The zero-order valence-electron chi connectivity index (χ0n) is 15.5. The molecule has 0 aromatic carbocycles. The van der Waals surface area contributed by atoms with Crippen molar-refractivity contribution in [3.63, 3.8) is 0 Å². The van der Waals surface area contributed by atoms with Crippen molar-refractivity contribution in [2.75, 3.05) is 0 Å². The molecule has 25 heavy (non-hydrogen) atoms. The summed E-state index contributed by atoms with van der Waals surface area (Å²) in [6.45, 7) is 9.48. The fourth-order valence-corrected chi connectivity index (χ4v) is 3.25. The zero-order chi connectivity index (χ0) is 18.4. The van der Waals surface area contributed by atoms with E-state index < -0.39 is 0 Å². The third kappa shape index (κ3) is 3.50. The summed E-state index contributed by atoms with van der Waals surface area (Å²) in [5.41, 5.74) is 2.80. The summed E-state index contributed by atoms with van der Waals surface area (Å²) >= 11 is 0. The lowest BCUT2D eigenvalue weighted by Crippen LogP contribution is -2.44. The van der Waals surface area contributed by atoms with Gasteiger partial charge in [-0.2, -0.15) is 5.10 Å². The van der Waals surface area contributed by atoms with Gasteiger partial charge in [0, 0.05) is 16.8 Å². The second kappa shape index (κ2) is 6.13. The lowest BCUT2D eigenvalue weighted by molar-refractivity contribution is -0.123. The molecule has 1 aliphatic rings. The van der Waals surface area contributed by atoms with Crippen LogP contribution >= 0.6 is 0 Å². The Bertz CT molecular complexity index is 886. The number of carbonyl (C=O) groups is 1. The standard InChI is InChI=1S/C18H25N5O2/c1-11-9-12(2)23(21-11)17-19-14-8-6-7-13(14)16(25)22(17)10-15(24)20-18(3,4)5/h9H,6-8,10H2,1-5H3,(H,20,24). The Balaban J connectivity index is 2.11. The van der Waals surface area contributed by atoms with Gasteiger partial charge in [0.25, 0.3) is 5.56 Å². The first kappa shape index (κ1) is 17.4. The average Bonchev–Trinajstić information content (AvgIpc) is 3.06. The molecule has 2 heterocycles. The van der Waals surface area contributed by atoms with E-state index in [1.54, 1.807) is 4.68 Å². The summed E-state index contributed by atoms with van der Waals surface area (Å²) in [7, 11) is 0. The smallest absolute Gasteiger partial charge is 0.258 e. The lowest BCUT2D eigenvalue weighted by atomic mass is 10.1. The van der Waals surface area contributed by atoms with E-state index in [4.69, 9.17) is 4.98 Å². The van der Waals surface area contributed by atoms with E-state index in [0.717, 1.165) is 41.9 Å². The van der Waals surface area contributed by atoms with Crippen LogP contribution < -0.4 is 10.9 Å². The number of aromatic nitrogens is 4. The molecule has 2 aromatic rings. The minimum Gasteiger partial charge on any atom is -0.350 e. The van der Waals surface area contributed by atoms with Crippen molar-refractivity contribution in [3.05, 3.63) is 39.1 Å². The largest absolute Gasteiger partial charge is 0.350 e. The van der Waals surface area contributed by atoms with Gasteiger partial charge in [0.1, 0.15) is 6.54 Å². The highest BCUT2D eigenvalue weighted by molar-refractivity contribution is 5.76. The molecular formula is C18H25N5O2. The van der Waals surface area contributed by atoms with Gasteiger partial charge in [0.2, 0.25) is 11.9 Å².